The summed E-state index contributed by atoms with van der Waals surface area (Å²) in [5.74, 6) is -0.0203. The molecule has 0 aromatic heterocycles. The lowest BCUT2D eigenvalue weighted by Gasteiger charge is -2.34. The third kappa shape index (κ3) is 3.03. The molecular formula is C20H23N3O2S. The van der Waals surface area contributed by atoms with Crippen molar-refractivity contribution in [3.05, 3.63) is 39.9 Å². The van der Waals surface area contributed by atoms with E-state index in [4.69, 9.17) is 5.73 Å². The number of carbonyl (C=O) groups is 2. The number of thioether (sulfide) groups is 1. The van der Waals surface area contributed by atoms with Crippen molar-refractivity contribution in [2.45, 2.75) is 38.0 Å². The van der Waals surface area contributed by atoms with Gasteiger partial charge in [0.15, 0.2) is 5.78 Å². The molecule has 0 saturated carbocycles. The average molecular weight is 369 g/mol. The number of hydrogen-bond donors (Lipinski definition) is 2. The Kier molecular flexibility index (Phi) is 4.31. The highest BCUT2D eigenvalue weighted by Crippen LogP contribution is 2.47. The van der Waals surface area contributed by atoms with Crippen LogP contribution in [-0.4, -0.2) is 24.8 Å². The van der Waals surface area contributed by atoms with Gasteiger partial charge in [0.2, 0.25) is 5.91 Å². The van der Waals surface area contributed by atoms with Gasteiger partial charge in [-0.25, -0.2) is 0 Å². The first-order valence-corrected chi connectivity index (χ1v) is 9.82. The second-order valence-electron chi connectivity index (χ2n) is 7.30. The number of piperidine rings is 1. The Hall–Kier alpha value is -2.21. The van der Waals surface area contributed by atoms with Gasteiger partial charge in [0, 0.05) is 40.9 Å². The molecule has 1 saturated heterocycles. The van der Waals surface area contributed by atoms with Crippen LogP contribution in [0.2, 0.25) is 0 Å². The minimum Gasteiger partial charge on any atom is -0.371 e. The van der Waals surface area contributed by atoms with Crippen molar-refractivity contribution in [2.24, 2.45) is 11.7 Å². The Morgan fingerprint density at radius 2 is 2.00 bits per heavy atom. The van der Waals surface area contributed by atoms with Gasteiger partial charge in [0.1, 0.15) is 0 Å². The van der Waals surface area contributed by atoms with Crippen molar-refractivity contribution >= 4 is 34.8 Å². The van der Waals surface area contributed by atoms with Crippen molar-refractivity contribution < 1.29 is 9.59 Å². The number of nitrogens with zero attached hydrogens (tertiary/aromatic N) is 1. The zero-order valence-electron chi connectivity index (χ0n) is 15.1. The van der Waals surface area contributed by atoms with Crippen LogP contribution in [0.3, 0.4) is 0 Å². The molecule has 0 atom stereocenters. The van der Waals surface area contributed by atoms with Crippen LogP contribution in [0.1, 0.15) is 31.7 Å². The molecule has 4 rings (SSSR count). The third-order valence-corrected chi connectivity index (χ3v) is 6.55. The highest BCUT2D eigenvalue weighted by Gasteiger charge is 2.28. The molecule has 0 bridgehead atoms. The van der Waals surface area contributed by atoms with Crippen LogP contribution >= 0.6 is 11.8 Å². The molecule has 1 aliphatic carbocycles. The van der Waals surface area contributed by atoms with Gasteiger partial charge in [-0.05, 0) is 56.0 Å². The predicted octanol–water partition coefficient (Wildman–Crippen LogP) is 3.35. The molecule has 0 radical (unpaired) electrons. The monoisotopic (exact) mass is 369 g/mol. The topological polar surface area (TPSA) is 75.4 Å². The summed E-state index contributed by atoms with van der Waals surface area (Å²) in [7, 11) is 0. The summed E-state index contributed by atoms with van der Waals surface area (Å²) in [6, 6.07) is 4.40. The summed E-state index contributed by atoms with van der Waals surface area (Å²) in [6.45, 7) is 5.79. The molecule has 1 fully saturated rings. The van der Waals surface area contributed by atoms with E-state index in [-0.39, 0.29) is 17.6 Å². The summed E-state index contributed by atoms with van der Waals surface area (Å²) >= 11 is 1.70. The van der Waals surface area contributed by atoms with E-state index in [2.05, 4.69) is 29.3 Å². The molecule has 3 aliphatic rings. The molecule has 6 heteroatoms. The van der Waals surface area contributed by atoms with Crippen LogP contribution < -0.4 is 16.0 Å². The Bertz CT molecular complexity index is 864. The smallest absolute Gasteiger partial charge is 0.220 e. The van der Waals surface area contributed by atoms with Crippen molar-refractivity contribution in [1.29, 1.82) is 0 Å². The molecule has 0 unspecified atom stereocenters. The van der Waals surface area contributed by atoms with Crippen molar-refractivity contribution in [1.82, 2.24) is 0 Å². The number of hydrogen-bond acceptors (Lipinski definition) is 5. The fourth-order valence-electron chi connectivity index (χ4n) is 3.93. The number of primary amides is 1. The van der Waals surface area contributed by atoms with E-state index >= 15 is 0 Å². The number of rotatable bonds is 2. The van der Waals surface area contributed by atoms with Crippen LogP contribution in [0.25, 0.3) is 0 Å². The summed E-state index contributed by atoms with van der Waals surface area (Å²) in [4.78, 5) is 27.9. The zero-order chi connectivity index (χ0) is 18.4. The van der Waals surface area contributed by atoms with Gasteiger partial charge in [-0.2, -0.15) is 0 Å². The first-order valence-electron chi connectivity index (χ1n) is 9.01. The molecule has 136 valence electrons. The highest BCUT2D eigenvalue weighted by atomic mass is 32.2. The molecule has 26 heavy (non-hydrogen) atoms. The second kappa shape index (κ2) is 6.50. The van der Waals surface area contributed by atoms with E-state index in [1.54, 1.807) is 17.8 Å². The summed E-state index contributed by atoms with van der Waals surface area (Å²) in [5.41, 5.74) is 11.0. The number of anilines is 2. The van der Waals surface area contributed by atoms with Gasteiger partial charge in [-0.15, -0.1) is 0 Å². The van der Waals surface area contributed by atoms with Crippen molar-refractivity contribution in [3.63, 3.8) is 0 Å². The van der Waals surface area contributed by atoms with Crippen molar-refractivity contribution in [2.75, 3.05) is 23.3 Å². The third-order valence-electron chi connectivity index (χ3n) is 5.42. The Balaban J connectivity index is 1.60. The summed E-state index contributed by atoms with van der Waals surface area (Å²) in [6.07, 6.45) is 3.82. The average Bonchev–Trinajstić information content (AvgIpc) is 2.60. The zero-order valence-corrected chi connectivity index (χ0v) is 15.9. The van der Waals surface area contributed by atoms with E-state index in [0.717, 1.165) is 47.8 Å². The molecule has 3 N–H and O–H groups in total. The molecular weight excluding hydrogens is 346 g/mol. The quantitative estimate of drug-likeness (QED) is 0.836. The Labute approximate surface area is 157 Å². The molecule has 1 amide bonds. The van der Waals surface area contributed by atoms with Gasteiger partial charge in [-0.1, -0.05) is 11.8 Å². The number of nitrogens with one attached hydrogen (secondary N) is 1. The molecule has 2 heterocycles. The number of amides is 1. The maximum atomic E-state index is 11.9. The van der Waals surface area contributed by atoms with E-state index in [0.29, 0.717) is 6.42 Å². The largest absolute Gasteiger partial charge is 0.371 e. The predicted molar refractivity (Wildman–Crippen MR) is 105 cm³/mol. The van der Waals surface area contributed by atoms with Gasteiger partial charge < -0.3 is 16.0 Å². The number of carbonyl (C=O) groups excluding carboxylic acids is 2. The van der Waals surface area contributed by atoms with E-state index < -0.39 is 0 Å². The van der Waals surface area contributed by atoms with E-state index in [1.165, 1.54) is 16.1 Å². The summed E-state index contributed by atoms with van der Waals surface area (Å²) < 4.78 is 0. The fraction of sp³-hybridized carbons (Fsp3) is 0.400. The maximum Gasteiger partial charge on any atom is 0.220 e. The van der Waals surface area contributed by atoms with Gasteiger partial charge >= 0.3 is 0 Å². The van der Waals surface area contributed by atoms with Crippen LogP contribution in [0.15, 0.2) is 39.3 Å². The molecule has 5 nitrogen and oxygen atoms in total. The minimum atomic E-state index is -0.184. The summed E-state index contributed by atoms with van der Waals surface area (Å²) in [5, 5.41) is 3.55. The van der Waals surface area contributed by atoms with Gasteiger partial charge in [-0.3, -0.25) is 9.59 Å². The number of nitrogens with two attached hydrogens (primary N) is 1. The molecule has 1 aromatic carbocycles. The normalized spacial score (nSPS) is 20.3. The number of aryl methyl sites for hydroxylation is 1. The standard InChI is InChI=1S/C20H23N3O2S/c1-11-7-14(23-5-3-13(4-6-23)20(21)25)9-16-18(11)22-19-12(2)8-15(24)10-17(19)26-16/h7-9,13,22H,3-6,10H2,1-2H3,(H2,21,25). The van der Waals surface area contributed by atoms with E-state index in [9.17, 15) is 9.59 Å². The van der Waals surface area contributed by atoms with Gasteiger partial charge in [0.25, 0.3) is 0 Å². The lowest BCUT2D eigenvalue weighted by Crippen LogP contribution is -2.38. The minimum absolute atomic E-state index is 0.00302. The van der Waals surface area contributed by atoms with Crippen LogP contribution in [0, 0.1) is 12.8 Å². The van der Waals surface area contributed by atoms with Gasteiger partial charge in [0.05, 0.1) is 11.4 Å². The maximum absolute atomic E-state index is 11.9. The Morgan fingerprint density at radius 3 is 2.69 bits per heavy atom. The lowest BCUT2D eigenvalue weighted by atomic mass is 9.95. The van der Waals surface area contributed by atoms with Crippen LogP contribution in [-0.2, 0) is 9.59 Å². The van der Waals surface area contributed by atoms with Crippen LogP contribution in [0.5, 0.6) is 0 Å². The number of ketones is 1. The second-order valence-corrected chi connectivity index (χ2v) is 8.43. The SMILES string of the molecule is CC1=CC(=O)CC2=C1Nc1c(C)cc(N3CCC(C(N)=O)CC3)cc1S2. The molecule has 2 aliphatic heterocycles. The molecule has 1 aromatic rings. The Morgan fingerprint density at radius 1 is 1.27 bits per heavy atom. The fourth-order valence-corrected chi connectivity index (χ4v) is 5.21. The molecule has 0 spiro atoms. The van der Waals surface area contributed by atoms with E-state index in [1.807, 2.05) is 6.92 Å². The van der Waals surface area contributed by atoms with Crippen LogP contribution in [0.4, 0.5) is 11.4 Å². The highest BCUT2D eigenvalue weighted by molar-refractivity contribution is 8.03. The van der Waals surface area contributed by atoms with Crippen molar-refractivity contribution in [3.8, 4) is 0 Å². The number of benzene rings is 1. The first-order chi connectivity index (χ1) is 12.4. The first kappa shape index (κ1) is 17.2. The number of fused-ring (bicyclic) bond motifs is 1. The number of allylic oxidation sites excluding steroid dienone is 3. The lowest BCUT2D eigenvalue weighted by molar-refractivity contribution is -0.122.